The first-order valence-corrected chi connectivity index (χ1v) is 8.86. The molecule has 3 aromatic rings. The molecule has 2 N–H and O–H groups in total. The van der Waals surface area contributed by atoms with Crippen LogP contribution in [0, 0.1) is 0 Å². The van der Waals surface area contributed by atoms with E-state index in [0.717, 1.165) is 27.8 Å². The minimum atomic E-state index is -0.778. The van der Waals surface area contributed by atoms with Gasteiger partial charge in [-0.2, -0.15) is 0 Å². The zero-order chi connectivity index (χ0) is 18.8. The molecule has 0 saturated carbocycles. The maximum atomic E-state index is 12.4. The van der Waals surface area contributed by atoms with E-state index in [1.165, 1.54) is 0 Å². The molecule has 0 bridgehead atoms. The third-order valence-electron chi connectivity index (χ3n) is 4.85. The Morgan fingerprint density at radius 2 is 2.15 bits per heavy atom. The van der Waals surface area contributed by atoms with Gasteiger partial charge >= 0.3 is 5.97 Å². The molecule has 2 heterocycles. The van der Waals surface area contributed by atoms with Gasteiger partial charge in [-0.05, 0) is 35.7 Å². The van der Waals surface area contributed by atoms with Crippen LogP contribution in [0.2, 0.25) is 0 Å². The van der Waals surface area contributed by atoms with Crippen molar-refractivity contribution in [3.8, 4) is 5.75 Å². The van der Waals surface area contributed by atoms with Crippen molar-refractivity contribution < 1.29 is 19.1 Å². The summed E-state index contributed by atoms with van der Waals surface area (Å²) < 4.78 is 10.5. The van der Waals surface area contributed by atoms with Crippen LogP contribution in [0.1, 0.15) is 21.5 Å². The van der Waals surface area contributed by atoms with Crippen LogP contribution in [0.5, 0.6) is 5.75 Å². The molecule has 1 aliphatic rings. The molecule has 27 heavy (non-hydrogen) atoms. The van der Waals surface area contributed by atoms with Crippen molar-refractivity contribution in [3.63, 3.8) is 0 Å². The predicted molar refractivity (Wildman–Crippen MR) is 101 cm³/mol. The summed E-state index contributed by atoms with van der Waals surface area (Å²) in [6, 6.07) is 13.1. The molecule has 0 fully saturated rings. The van der Waals surface area contributed by atoms with Crippen LogP contribution in [0.15, 0.2) is 48.7 Å². The number of carbonyl (C=O) groups excluding carboxylic acids is 2. The number of hydrogen-bond donors (Lipinski definition) is 2. The number of nitrogens with one attached hydrogen (secondary N) is 2. The second-order valence-electron chi connectivity index (χ2n) is 6.52. The van der Waals surface area contributed by atoms with Gasteiger partial charge in [0.05, 0.1) is 12.7 Å². The zero-order valence-corrected chi connectivity index (χ0v) is 15.0. The highest BCUT2D eigenvalue weighted by Crippen LogP contribution is 2.23. The molecule has 6 nitrogen and oxygen atoms in total. The van der Waals surface area contributed by atoms with Gasteiger partial charge in [-0.3, -0.25) is 4.79 Å². The molecule has 1 unspecified atom stereocenters. The van der Waals surface area contributed by atoms with Crippen LogP contribution < -0.4 is 10.1 Å². The van der Waals surface area contributed by atoms with Crippen LogP contribution in [0.4, 0.5) is 0 Å². The number of hydrogen-bond acceptors (Lipinski definition) is 4. The molecule has 0 radical (unpaired) electrons. The average molecular weight is 364 g/mol. The Bertz CT molecular complexity index is 1010. The molecule has 1 amide bonds. The lowest BCUT2D eigenvalue weighted by atomic mass is 9.98. The van der Waals surface area contributed by atoms with Crippen LogP contribution in [-0.4, -0.2) is 36.6 Å². The summed E-state index contributed by atoms with van der Waals surface area (Å²) in [7, 11) is 1.64. The Labute approximate surface area is 156 Å². The van der Waals surface area contributed by atoms with Crippen LogP contribution >= 0.6 is 0 Å². The molecule has 6 heteroatoms. The van der Waals surface area contributed by atoms with E-state index in [1.807, 2.05) is 36.5 Å². The van der Waals surface area contributed by atoms with Crippen LogP contribution in [0.25, 0.3) is 10.9 Å². The first-order valence-electron chi connectivity index (χ1n) is 8.86. The first-order chi connectivity index (χ1) is 13.2. The Balaban J connectivity index is 1.37. The first kappa shape index (κ1) is 17.1. The van der Waals surface area contributed by atoms with E-state index in [1.54, 1.807) is 19.2 Å². The topological polar surface area (TPSA) is 80.4 Å². The predicted octanol–water partition coefficient (Wildman–Crippen LogP) is 2.62. The summed E-state index contributed by atoms with van der Waals surface area (Å²) in [5, 5.41) is 3.97. The summed E-state index contributed by atoms with van der Waals surface area (Å²) in [6.45, 7) is 0.466. The van der Waals surface area contributed by atoms with E-state index >= 15 is 0 Å². The number of ether oxygens (including phenoxy) is 2. The van der Waals surface area contributed by atoms with Gasteiger partial charge in [0, 0.05) is 36.1 Å². The number of benzene rings is 2. The monoisotopic (exact) mass is 364 g/mol. The Morgan fingerprint density at radius 1 is 1.30 bits per heavy atom. The van der Waals surface area contributed by atoms with Gasteiger partial charge < -0.3 is 19.8 Å². The van der Waals surface area contributed by atoms with E-state index in [-0.39, 0.29) is 5.91 Å². The lowest BCUT2D eigenvalue weighted by Gasteiger charge is -2.23. The molecule has 2 aromatic carbocycles. The van der Waals surface area contributed by atoms with Crippen molar-refractivity contribution in [2.45, 2.75) is 18.9 Å². The van der Waals surface area contributed by atoms with E-state index in [0.29, 0.717) is 24.9 Å². The van der Waals surface area contributed by atoms with Crippen molar-refractivity contribution in [1.82, 2.24) is 10.3 Å². The lowest BCUT2D eigenvalue weighted by molar-refractivity contribution is -0.130. The van der Waals surface area contributed by atoms with Gasteiger partial charge in [0.15, 0.2) is 6.10 Å². The molecule has 0 aliphatic carbocycles. The third-order valence-corrected chi connectivity index (χ3v) is 4.85. The van der Waals surface area contributed by atoms with Crippen LogP contribution in [-0.2, 0) is 22.4 Å². The van der Waals surface area contributed by atoms with E-state index in [4.69, 9.17) is 9.47 Å². The number of fused-ring (bicyclic) bond motifs is 2. The maximum Gasteiger partial charge on any atom is 0.339 e. The minimum Gasteiger partial charge on any atom is -0.497 e. The van der Waals surface area contributed by atoms with Crippen molar-refractivity contribution in [2.75, 3.05) is 13.7 Å². The highest BCUT2D eigenvalue weighted by atomic mass is 16.5. The fraction of sp³-hybridized carbons (Fsp3) is 0.238. The highest BCUT2D eigenvalue weighted by Gasteiger charge is 2.30. The molecule has 4 rings (SSSR count). The maximum absolute atomic E-state index is 12.4. The molecule has 1 aliphatic heterocycles. The van der Waals surface area contributed by atoms with Gasteiger partial charge in [0.1, 0.15) is 5.75 Å². The quantitative estimate of drug-likeness (QED) is 0.682. The van der Waals surface area contributed by atoms with Gasteiger partial charge in [-0.1, -0.05) is 18.2 Å². The van der Waals surface area contributed by atoms with Crippen molar-refractivity contribution >= 4 is 22.8 Å². The average Bonchev–Trinajstić information content (AvgIpc) is 3.10. The normalized spacial score (nSPS) is 15.9. The summed E-state index contributed by atoms with van der Waals surface area (Å²) in [4.78, 5) is 27.7. The Kier molecular flexibility index (Phi) is 4.54. The summed E-state index contributed by atoms with van der Waals surface area (Å²) in [5.74, 6) is 0.0885. The van der Waals surface area contributed by atoms with Gasteiger partial charge in [-0.15, -0.1) is 0 Å². The highest BCUT2D eigenvalue weighted by molar-refractivity contribution is 5.95. The van der Waals surface area contributed by atoms with E-state index in [9.17, 15) is 9.59 Å². The summed E-state index contributed by atoms with van der Waals surface area (Å²) >= 11 is 0. The number of rotatable bonds is 5. The van der Waals surface area contributed by atoms with Crippen molar-refractivity contribution in [1.29, 1.82) is 0 Å². The fourth-order valence-electron chi connectivity index (χ4n) is 3.41. The number of amides is 1. The van der Waals surface area contributed by atoms with Gasteiger partial charge in [-0.25, -0.2) is 4.79 Å². The lowest BCUT2D eigenvalue weighted by Crippen LogP contribution is -2.42. The van der Waals surface area contributed by atoms with E-state index < -0.39 is 12.1 Å². The molecule has 1 aromatic heterocycles. The molecule has 0 saturated heterocycles. The van der Waals surface area contributed by atoms with E-state index in [2.05, 4.69) is 10.3 Å². The Hall–Kier alpha value is -3.28. The number of cyclic esters (lactones) is 1. The van der Waals surface area contributed by atoms with Crippen molar-refractivity contribution in [2.24, 2.45) is 0 Å². The zero-order valence-electron chi connectivity index (χ0n) is 15.0. The third kappa shape index (κ3) is 3.38. The van der Waals surface area contributed by atoms with Gasteiger partial charge in [0.2, 0.25) is 0 Å². The molecular weight excluding hydrogens is 344 g/mol. The second kappa shape index (κ2) is 7.15. The fourth-order valence-corrected chi connectivity index (χ4v) is 3.41. The number of aromatic amines is 1. The van der Waals surface area contributed by atoms with Gasteiger partial charge in [0.25, 0.3) is 5.91 Å². The SMILES string of the molecule is COc1ccc2c(CCNC(=O)C3Cc4ccccc4C(=O)O3)c[nH]c2c1. The number of esters is 1. The van der Waals surface area contributed by atoms with Crippen LogP contribution in [0.3, 0.4) is 0 Å². The number of H-pyrrole nitrogens is 1. The summed E-state index contributed by atoms with van der Waals surface area (Å²) in [6.07, 6.45) is 2.24. The largest absolute Gasteiger partial charge is 0.497 e. The van der Waals surface area contributed by atoms with Crippen molar-refractivity contribution in [3.05, 3.63) is 65.4 Å². The molecular formula is C21H20N2O4. The smallest absolute Gasteiger partial charge is 0.339 e. The number of methoxy groups -OCH3 is 1. The standard InChI is InChI=1S/C21H20N2O4/c1-26-15-6-7-16-14(12-23-18(16)11-15)8-9-22-20(24)19-10-13-4-2-3-5-17(13)21(25)27-19/h2-7,11-12,19,23H,8-10H2,1H3,(H,22,24). The molecule has 0 spiro atoms. The number of aromatic nitrogens is 1. The molecule has 138 valence electrons. The minimum absolute atomic E-state index is 0.264. The Morgan fingerprint density at radius 3 is 3.00 bits per heavy atom. The molecule has 1 atom stereocenters. The number of carbonyl (C=O) groups is 2. The second-order valence-corrected chi connectivity index (χ2v) is 6.52. The summed E-state index contributed by atoms with van der Waals surface area (Å²) in [5.41, 5.74) is 3.49.